The Hall–Kier alpha value is -1.08. The van der Waals surface area contributed by atoms with Crippen molar-refractivity contribution < 1.29 is 13.2 Å². The number of sulfone groups is 1. The number of anilines is 2. The van der Waals surface area contributed by atoms with Gasteiger partial charge >= 0.3 is 0 Å². The van der Waals surface area contributed by atoms with E-state index in [1.165, 1.54) is 11.3 Å². The van der Waals surface area contributed by atoms with Crippen LogP contribution < -0.4 is 10.6 Å². The SMILES string of the molecule is CCCN(C)c1sc(C(=O)C2CC2)c(N)c1S(=O)(=O)CC. The van der Waals surface area contributed by atoms with E-state index in [-0.39, 0.29) is 28.0 Å². The first-order chi connectivity index (χ1) is 9.83. The maximum absolute atomic E-state index is 12.4. The molecule has 2 rings (SSSR count). The van der Waals surface area contributed by atoms with Gasteiger partial charge < -0.3 is 10.6 Å². The summed E-state index contributed by atoms with van der Waals surface area (Å²) in [5.74, 6) is 0.0199. The van der Waals surface area contributed by atoms with Crippen molar-refractivity contribution in [2.75, 3.05) is 30.0 Å². The van der Waals surface area contributed by atoms with E-state index in [1.807, 2.05) is 18.9 Å². The van der Waals surface area contributed by atoms with Gasteiger partial charge in [-0.2, -0.15) is 0 Å². The number of rotatable bonds is 7. The van der Waals surface area contributed by atoms with E-state index >= 15 is 0 Å². The second kappa shape index (κ2) is 5.96. The summed E-state index contributed by atoms with van der Waals surface area (Å²) in [6, 6.07) is 0. The molecule has 0 bridgehead atoms. The molecular formula is C14H22N2O3S2. The first-order valence-electron chi connectivity index (χ1n) is 7.23. The second-order valence-corrected chi connectivity index (χ2v) is 8.66. The van der Waals surface area contributed by atoms with Gasteiger partial charge in [0.05, 0.1) is 16.3 Å². The zero-order valence-electron chi connectivity index (χ0n) is 12.7. The Morgan fingerprint density at radius 3 is 2.48 bits per heavy atom. The number of hydrogen-bond acceptors (Lipinski definition) is 6. The zero-order valence-corrected chi connectivity index (χ0v) is 14.3. The summed E-state index contributed by atoms with van der Waals surface area (Å²) in [4.78, 5) is 14.8. The Kier molecular flexibility index (Phi) is 4.63. The zero-order chi connectivity index (χ0) is 15.8. The average Bonchev–Trinajstić information content (AvgIpc) is 3.21. The van der Waals surface area contributed by atoms with E-state index in [2.05, 4.69) is 0 Å². The highest BCUT2D eigenvalue weighted by atomic mass is 32.2. The highest BCUT2D eigenvalue weighted by molar-refractivity contribution is 7.92. The first-order valence-corrected chi connectivity index (χ1v) is 9.70. The average molecular weight is 330 g/mol. The number of carbonyl (C=O) groups excluding carboxylic acids is 1. The molecule has 0 aromatic carbocycles. The molecule has 7 heteroatoms. The molecule has 1 aliphatic rings. The third kappa shape index (κ3) is 3.08. The van der Waals surface area contributed by atoms with Crippen molar-refractivity contribution in [3.05, 3.63) is 4.88 Å². The lowest BCUT2D eigenvalue weighted by Crippen LogP contribution is -2.19. The molecule has 1 fully saturated rings. The summed E-state index contributed by atoms with van der Waals surface area (Å²) in [6.45, 7) is 4.35. The first kappa shape index (κ1) is 16.3. The minimum Gasteiger partial charge on any atom is -0.396 e. The number of thiophene rings is 1. The Bertz CT molecular complexity index is 645. The molecule has 1 aliphatic carbocycles. The monoisotopic (exact) mass is 330 g/mol. The molecule has 2 N–H and O–H groups in total. The Morgan fingerprint density at radius 2 is 2.00 bits per heavy atom. The summed E-state index contributed by atoms with van der Waals surface area (Å²) in [5, 5.41) is 0.597. The molecule has 0 aliphatic heterocycles. The molecule has 21 heavy (non-hydrogen) atoms. The van der Waals surface area contributed by atoms with Gasteiger partial charge in [0, 0.05) is 19.5 Å². The maximum atomic E-state index is 12.4. The Balaban J connectivity index is 2.56. The number of nitrogens with zero attached hydrogens (tertiary/aromatic N) is 1. The molecule has 0 atom stereocenters. The van der Waals surface area contributed by atoms with Gasteiger partial charge in [-0.15, -0.1) is 11.3 Å². The predicted octanol–water partition coefficient (Wildman–Crippen LogP) is 2.56. The minimum atomic E-state index is -3.45. The summed E-state index contributed by atoms with van der Waals surface area (Å²) in [7, 11) is -1.61. The fourth-order valence-corrected chi connectivity index (χ4v) is 5.10. The third-order valence-corrected chi connectivity index (χ3v) is 6.91. The molecule has 5 nitrogen and oxygen atoms in total. The number of nitrogen functional groups attached to an aromatic ring is 1. The van der Waals surface area contributed by atoms with Crippen LogP contribution in [0.2, 0.25) is 0 Å². The summed E-state index contributed by atoms with van der Waals surface area (Å²) in [6.07, 6.45) is 2.66. The van der Waals surface area contributed by atoms with E-state index in [1.54, 1.807) is 6.92 Å². The van der Waals surface area contributed by atoms with Crippen LogP contribution >= 0.6 is 11.3 Å². The normalized spacial score (nSPS) is 15.2. The van der Waals surface area contributed by atoms with Crippen molar-refractivity contribution in [2.45, 2.75) is 38.0 Å². The number of ketones is 1. The molecule has 0 radical (unpaired) electrons. The lowest BCUT2D eigenvalue weighted by atomic mass is 10.2. The molecule has 0 saturated heterocycles. The van der Waals surface area contributed by atoms with Crippen molar-refractivity contribution >= 4 is 37.6 Å². The van der Waals surface area contributed by atoms with Crippen molar-refractivity contribution in [2.24, 2.45) is 5.92 Å². The van der Waals surface area contributed by atoms with Crippen LogP contribution in [0.5, 0.6) is 0 Å². The third-order valence-electron chi connectivity index (χ3n) is 3.65. The van der Waals surface area contributed by atoms with Crippen LogP contribution in [0.15, 0.2) is 4.90 Å². The van der Waals surface area contributed by atoms with E-state index in [9.17, 15) is 13.2 Å². The van der Waals surface area contributed by atoms with E-state index < -0.39 is 9.84 Å². The van der Waals surface area contributed by atoms with Crippen molar-refractivity contribution in [1.82, 2.24) is 0 Å². The smallest absolute Gasteiger partial charge is 0.183 e. The maximum Gasteiger partial charge on any atom is 0.183 e. The van der Waals surface area contributed by atoms with E-state index in [0.717, 1.165) is 25.8 Å². The Labute approximate surface area is 130 Å². The van der Waals surface area contributed by atoms with E-state index in [4.69, 9.17) is 5.73 Å². The van der Waals surface area contributed by atoms with Gasteiger partial charge in [-0.25, -0.2) is 8.42 Å². The molecule has 118 valence electrons. The van der Waals surface area contributed by atoms with Crippen molar-refractivity contribution in [3.63, 3.8) is 0 Å². The minimum absolute atomic E-state index is 0.00111. The topological polar surface area (TPSA) is 80.5 Å². The van der Waals surface area contributed by atoms with Gasteiger partial charge in [-0.3, -0.25) is 4.79 Å². The molecule has 1 heterocycles. The molecule has 1 aromatic heterocycles. The predicted molar refractivity (Wildman–Crippen MR) is 87.1 cm³/mol. The van der Waals surface area contributed by atoms with Gasteiger partial charge in [-0.05, 0) is 19.3 Å². The largest absolute Gasteiger partial charge is 0.396 e. The molecule has 1 saturated carbocycles. The number of Topliss-reactive ketones (excluding diaryl/α,β-unsaturated/α-hetero) is 1. The molecule has 0 unspecified atom stereocenters. The standard InChI is InChI=1S/C14H22N2O3S2/c1-4-8-16(3)14-13(21(18,19)5-2)10(15)12(20-14)11(17)9-6-7-9/h9H,4-8,15H2,1-3H3. The van der Waals surface area contributed by atoms with Gasteiger partial charge in [0.25, 0.3) is 0 Å². The van der Waals surface area contributed by atoms with Crippen LogP contribution in [-0.2, 0) is 9.84 Å². The van der Waals surface area contributed by atoms with Crippen LogP contribution in [0, 0.1) is 5.92 Å². The number of hydrogen-bond donors (Lipinski definition) is 1. The Morgan fingerprint density at radius 1 is 1.38 bits per heavy atom. The highest BCUT2D eigenvalue weighted by Gasteiger charge is 2.36. The van der Waals surface area contributed by atoms with Gasteiger partial charge in [-0.1, -0.05) is 13.8 Å². The molecule has 0 amide bonds. The summed E-state index contributed by atoms with van der Waals surface area (Å²) in [5.41, 5.74) is 6.20. The second-order valence-electron chi connectivity index (χ2n) is 5.44. The fourth-order valence-electron chi connectivity index (χ4n) is 2.26. The van der Waals surface area contributed by atoms with E-state index in [0.29, 0.717) is 9.88 Å². The van der Waals surface area contributed by atoms with Crippen LogP contribution in [-0.4, -0.2) is 33.5 Å². The van der Waals surface area contributed by atoms with Crippen LogP contribution in [0.1, 0.15) is 42.8 Å². The quantitative estimate of drug-likeness (QED) is 0.777. The van der Waals surface area contributed by atoms with Gasteiger partial charge in [0.2, 0.25) is 0 Å². The number of carbonyl (C=O) groups is 1. The van der Waals surface area contributed by atoms with Gasteiger partial charge in [0.15, 0.2) is 15.6 Å². The van der Waals surface area contributed by atoms with Crippen molar-refractivity contribution in [1.29, 1.82) is 0 Å². The lowest BCUT2D eigenvalue weighted by molar-refractivity contribution is 0.0972. The van der Waals surface area contributed by atoms with Crippen LogP contribution in [0.3, 0.4) is 0 Å². The fraction of sp³-hybridized carbons (Fsp3) is 0.643. The van der Waals surface area contributed by atoms with Crippen LogP contribution in [0.4, 0.5) is 10.7 Å². The van der Waals surface area contributed by atoms with Gasteiger partial charge in [0.1, 0.15) is 9.90 Å². The highest BCUT2D eigenvalue weighted by Crippen LogP contribution is 2.45. The summed E-state index contributed by atoms with van der Waals surface area (Å²) >= 11 is 1.23. The molecule has 0 spiro atoms. The summed E-state index contributed by atoms with van der Waals surface area (Å²) < 4.78 is 24.7. The lowest BCUT2D eigenvalue weighted by Gasteiger charge is -2.18. The molecular weight excluding hydrogens is 308 g/mol. The molecule has 1 aromatic rings. The van der Waals surface area contributed by atoms with Crippen molar-refractivity contribution in [3.8, 4) is 0 Å². The van der Waals surface area contributed by atoms with Crippen LogP contribution in [0.25, 0.3) is 0 Å². The number of nitrogens with two attached hydrogens (primary N) is 1.